The average molecular weight is 267 g/mol. The summed E-state index contributed by atoms with van der Waals surface area (Å²) in [5, 5.41) is 12.6. The summed E-state index contributed by atoms with van der Waals surface area (Å²) < 4.78 is 0. The van der Waals surface area contributed by atoms with E-state index in [0.717, 1.165) is 0 Å². The van der Waals surface area contributed by atoms with Crippen molar-refractivity contribution in [3.63, 3.8) is 0 Å². The second-order valence-electron chi connectivity index (χ2n) is 6.55. The van der Waals surface area contributed by atoms with Crippen molar-refractivity contribution in [2.75, 3.05) is 0 Å². The molecule has 2 saturated carbocycles. The van der Waals surface area contributed by atoms with Gasteiger partial charge in [0.25, 0.3) is 0 Å². The Labute approximate surface area is 117 Å². The van der Waals surface area contributed by atoms with Crippen LogP contribution in [-0.2, 0) is 4.79 Å². The van der Waals surface area contributed by atoms with Gasteiger partial charge in [0.2, 0.25) is 0 Å². The Morgan fingerprint density at radius 2 is 1.37 bits per heavy atom. The number of carboxylic acids is 1. The molecule has 2 fully saturated rings. The lowest BCUT2D eigenvalue weighted by Crippen LogP contribution is -2.50. The fourth-order valence-corrected chi connectivity index (χ4v) is 4.00. The first kappa shape index (κ1) is 14.8. The van der Waals surface area contributed by atoms with Crippen molar-refractivity contribution in [1.29, 1.82) is 0 Å². The standard InChI is InChI=1S/C16H29NO2/c1-12(16(18)19)17-15(13-8-4-2-5-9-13)14-10-6-3-7-11-14/h12-15,17H,2-11H2,1H3,(H,18,19)/t12-/m0/s1. The van der Waals surface area contributed by atoms with Gasteiger partial charge >= 0.3 is 5.97 Å². The number of rotatable bonds is 5. The topological polar surface area (TPSA) is 49.3 Å². The summed E-state index contributed by atoms with van der Waals surface area (Å²) >= 11 is 0. The van der Waals surface area contributed by atoms with E-state index in [1.54, 1.807) is 6.92 Å². The number of hydrogen-bond donors (Lipinski definition) is 2. The second-order valence-corrected chi connectivity index (χ2v) is 6.55. The summed E-state index contributed by atoms with van der Waals surface area (Å²) in [5.74, 6) is 0.703. The zero-order chi connectivity index (χ0) is 13.7. The molecule has 2 rings (SSSR count). The highest BCUT2D eigenvalue weighted by atomic mass is 16.4. The molecular formula is C16H29NO2. The summed E-state index contributed by atoms with van der Waals surface area (Å²) in [6, 6.07) is 0.0283. The molecule has 1 atom stereocenters. The summed E-state index contributed by atoms with van der Waals surface area (Å²) in [6.45, 7) is 1.79. The van der Waals surface area contributed by atoms with Crippen molar-refractivity contribution in [1.82, 2.24) is 5.32 Å². The molecule has 110 valence electrons. The highest BCUT2D eigenvalue weighted by Crippen LogP contribution is 2.35. The molecule has 0 unspecified atom stereocenters. The Morgan fingerprint density at radius 3 is 1.74 bits per heavy atom. The van der Waals surface area contributed by atoms with Gasteiger partial charge in [0, 0.05) is 6.04 Å². The van der Waals surface area contributed by atoms with Gasteiger partial charge in [-0.15, -0.1) is 0 Å². The van der Waals surface area contributed by atoms with Crippen LogP contribution in [0.3, 0.4) is 0 Å². The third-order valence-electron chi connectivity index (χ3n) is 5.13. The molecule has 2 aliphatic carbocycles. The van der Waals surface area contributed by atoms with Crippen LogP contribution in [0.15, 0.2) is 0 Å². The van der Waals surface area contributed by atoms with Crippen molar-refractivity contribution in [2.24, 2.45) is 11.8 Å². The molecule has 19 heavy (non-hydrogen) atoms. The summed E-state index contributed by atoms with van der Waals surface area (Å²) in [5.41, 5.74) is 0. The van der Waals surface area contributed by atoms with E-state index in [4.69, 9.17) is 5.11 Å². The first-order chi connectivity index (χ1) is 9.18. The predicted molar refractivity (Wildman–Crippen MR) is 77.2 cm³/mol. The molecule has 3 heteroatoms. The van der Waals surface area contributed by atoms with E-state index in [9.17, 15) is 4.79 Å². The maximum Gasteiger partial charge on any atom is 0.320 e. The zero-order valence-corrected chi connectivity index (χ0v) is 12.2. The zero-order valence-electron chi connectivity index (χ0n) is 12.2. The molecule has 0 aromatic carbocycles. The molecule has 2 aliphatic rings. The molecule has 0 bridgehead atoms. The van der Waals surface area contributed by atoms with Crippen LogP contribution in [0.5, 0.6) is 0 Å². The molecule has 3 nitrogen and oxygen atoms in total. The van der Waals surface area contributed by atoms with Gasteiger partial charge in [-0.2, -0.15) is 0 Å². The van der Waals surface area contributed by atoms with E-state index in [-0.39, 0.29) is 0 Å². The number of nitrogens with one attached hydrogen (secondary N) is 1. The van der Waals surface area contributed by atoms with E-state index in [1.807, 2.05) is 0 Å². The van der Waals surface area contributed by atoms with E-state index < -0.39 is 12.0 Å². The molecule has 0 amide bonds. The van der Waals surface area contributed by atoms with Crippen LogP contribution < -0.4 is 5.32 Å². The molecular weight excluding hydrogens is 238 g/mol. The monoisotopic (exact) mass is 267 g/mol. The molecule has 0 aromatic heterocycles. The van der Waals surface area contributed by atoms with Crippen LogP contribution in [0.4, 0.5) is 0 Å². The second kappa shape index (κ2) is 7.28. The smallest absolute Gasteiger partial charge is 0.320 e. The fraction of sp³-hybridized carbons (Fsp3) is 0.938. The largest absolute Gasteiger partial charge is 0.480 e. The van der Waals surface area contributed by atoms with Crippen LogP contribution in [0, 0.1) is 11.8 Å². The molecule has 0 heterocycles. The molecule has 0 aliphatic heterocycles. The van der Waals surface area contributed by atoms with E-state index >= 15 is 0 Å². The highest BCUT2D eigenvalue weighted by Gasteiger charge is 2.33. The van der Waals surface area contributed by atoms with Crippen LogP contribution in [0.25, 0.3) is 0 Å². The minimum absolute atomic E-state index is 0.408. The van der Waals surface area contributed by atoms with Gasteiger partial charge in [0.15, 0.2) is 0 Å². The quantitative estimate of drug-likeness (QED) is 0.800. The Morgan fingerprint density at radius 1 is 0.947 bits per heavy atom. The van der Waals surface area contributed by atoms with Crippen molar-refractivity contribution in [2.45, 2.75) is 83.2 Å². The number of hydrogen-bond acceptors (Lipinski definition) is 2. The van der Waals surface area contributed by atoms with Gasteiger partial charge in [0.1, 0.15) is 6.04 Å². The predicted octanol–water partition coefficient (Wildman–Crippen LogP) is 3.58. The van der Waals surface area contributed by atoms with Crippen molar-refractivity contribution in [3.8, 4) is 0 Å². The minimum atomic E-state index is -0.711. The normalized spacial score (nSPS) is 24.5. The van der Waals surface area contributed by atoms with Gasteiger partial charge in [-0.3, -0.25) is 4.79 Å². The first-order valence-electron chi connectivity index (χ1n) is 8.17. The third kappa shape index (κ3) is 4.20. The van der Waals surface area contributed by atoms with Gasteiger partial charge in [-0.05, 0) is 44.4 Å². The van der Waals surface area contributed by atoms with Crippen LogP contribution in [0.2, 0.25) is 0 Å². The Bertz CT molecular complexity index is 262. The van der Waals surface area contributed by atoms with Gasteiger partial charge in [0.05, 0.1) is 0 Å². The maximum atomic E-state index is 11.1. The first-order valence-corrected chi connectivity index (χ1v) is 8.17. The van der Waals surface area contributed by atoms with E-state index in [1.165, 1.54) is 64.2 Å². The van der Waals surface area contributed by atoms with Gasteiger partial charge < -0.3 is 10.4 Å². The van der Waals surface area contributed by atoms with Crippen molar-refractivity contribution >= 4 is 5.97 Å². The lowest BCUT2D eigenvalue weighted by atomic mass is 9.73. The van der Waals surface area contributed by atoms with E-state index in [2.05, 4.69) is 5.32 Å². The average Bonchev–Trinajstić information content (AvgIpc) is 2.46. The molecule has 0 spiro atoms. The summed E-state index contributed by atoms with van der Waals surface area (Å²) in [4.78, 5) is 11.1. The minimum Gasteiger partial charge on any atom is -0.480 e. The Hall–Kier alpha value is -0.570. The summed E-state index contributed by atoms with van der Waals surface area (Å²) in [7, 11) is 0. The van der Waals surface area contributed by atoms with Crippen LogP contribution >= 0.6 is 0 Å². The lowest BCUT2D eigenvalue weighted by Gasteiger charge is -2.39. The number of carbonyl (C=O) groups is 1. The number of carboxylic acid groups (broad SMARTS) is 1. The van der Waals surface area contributed by atoms with Crippen molar-refractivity contribution in [3.05, 3.63) is 0 Å². The Kier molecular flexibility index (Phi) is 5.68. The van der Waals surface area contributed by atoms with Gasteiger partial charge in [-0.25, -0.2) is 0 Å². The highest BCUT2D eigenvalue weighted by molar-refractivity contribution is 5.72. The van der Waals surface area contributed by atoms with Crippen molar-refractivity contribution < 1.29 is 9.90 Å². The van der Waals surface area contributed by atoms with Crippen LogP contribution in [0.1, 0.15) is 71.1 Å². The third-order valence-corrected chi connectivity index (χ3v) is 5.13. The van der Waals surface area contributed by atoms with Crippen LogP contribution in [-0.4, -0.2) is 23.2 Å². The maximum absolute atomic E-state index is 11.1. The molecule has 0 aromatic rings. The summed E-state index contributed by atoms with van der Waals surface area (Å²) in [6.07, 6.45) is 13.2. The molecule has 0 radical (unpaired) electrons. The SMILES string of the molecule is C[C@H](NC(C1CCCCC1)C1CCCCC1)C(=O)O. The number of aliphatic carboxylic acids is 1. The molecule has 2 N–H and O–H groups in total. The molecule has 0 saturated heterocycles. The van der Waals surface area contributed by atoms with Gasteiger partial charge in [-0.1, -0.05) is 38.5 Å². The Balaban J connectivity index is 2.00. The van der Waals surface area contributed by atoms with E-state index in [0.29, 0.717) is 17.9 Å². The fourth-order valence-electron chi connectivity index (χ4n) is 4.00. The lowest BCUT2D eigenvalue weighted by molar-refractivity contribution is -0.139.